The van der Waals surface area contributed by atoms with Gasteiger partial charge in [-0.1, -0.05) is 60.7 Å². The van der Waals surface area contributed by atoms with E-state index in [1.165, 1.54) is 17.2 Å². The summed E-state index contributed by atoms with van der Waals surface area (Å²) in [6, 6.07) is 22.7. The SMILES string of the molecule is O=C(ON(Cc1ccccc1)Cc1ccc(C(F)(F)F)cc1)c1ccccc1. The first kappa shape index (κ1) is 19.6. The molecule has 0 aromatic heterocycles. The monoisotopic (exact) mass is 385 g/mol. The Morgan fingerprint density at radius 2 is 1.25 bits per heavy atom. The van der Waals surface area contributed by atoms with Gasteiger partial charge >= 0.3 is 12.1 Å². The van der Waals surface area contributed by atoms with Crippen LogP contribution in [0.4, 0.5) is 13.2 Å². The van der Waals surface area contributed by atoms with Gasteiger partial charge in [-0.15, -0.1) is 5.06 Å². The largest absolute Gasteiger partial charge is 0.416 e. The summed E-state index contributed by atoms with van der Waals surface area (Å²) in [5.74, 6) is -0.525. The van der Waals surface area contributed by atoms with Crippen LogP contribution < -0.4 is 0 Å². The van der Waals surface area contributed by atoms with Crippen LogP contribution in [0.1, 0.15) is 27.0 Å². The molecular formula is C22H18F3NO2. The standard InChI is InChI=1S/C22H18F3NO2/c23-22(24,25)20-13-11-18(12-14-20)16-26(15-17-7-3-1-4-8-17)28-21(27)19-9-5-2-6-10-19/h1-14H,15-16H2. The second-order valence-electron chi connectivity index (χ2n) is 6.22. The van der Waals surface area contributed by atoms with Gasteiger partial charge < -0.3 is 4.84 Å². The van der Waals surface area contributed by atoms with Crippen molar-refractivity contribution < 1.29 is 22.8 Å². The second kappa shape index (κ2) is 8.71. The molecule has 28 heavy (non-hydrogen) atoms. The molecule has 3 nitrogen and oxygen atoms in total. The maximum absolute atomic E-state index is 12.7. The lowest BCUT2D eigenvalue weighted by atomic mass is 10.1. The van der Waals surface area contributed by atoms with E-state index in [2.05, 4.69) is 0 Å². The summed E-state index contributed by atoms with van der Waals surface area (Å²) in [4.78, 5) is 17.9. The molecular weight excluding hydrogens is 367 g/mol. The van der Waals surface area contributed by atoms with Crippen LogP contribution in [0.15, 0.2) is 84.9 Å². The topological polar surface area (TPSA) is 29.5 Å². The lowest BCUT2D eigenvalue weighted by Gasteiger charge is -2.22. The molecule has 0 bridgehead atoms. The fraction of sp³-hybridized carbons (Fsp3) is 0.136. The molecule has 0 unspecified atom stereocenters. The molecule has 6 heteroatoms. The van der Waals surface area contributed by atoms with Gasteiger partial charge in [-0.2, -0.15) is 13.2 Å². The summed E-state index contributed by atoms with van der Waals surface area (Å²) in [7, 11) is 0. The van der Waals surface area contributed by atoms with Gasteiger partial charge in [-0.25, -0.2) is 4.79 Å². The molecule has 0 N–H and O–H groups in total. The molecule has 3 rings (SSSR count). The summed E-state index contributed by atoms with van der Waals surface area (Å²) in [6.07, 6.45) is -4.39. The van der Waals surface area contributed by atoms with Gasteiger partial charge in [0.25, 0.3) is 0 Å². The van der Waals surface area contributed by atoms with Gasteiger partial charge in [-0.3, -0.25) is 0 Å². The number of carbonyl (C=O) groups excluding carboxylic acids is 1. The van der Waals surface area contributed by atoms with Crippen LogP contribution >= 0.6 is 0 Å². The molecule has 144 valence electrons. The molecule has 0 atom stereocenters. The molecule has 0 spiro atoms. The zero-order chi connectivity index (χ0) is 20.0. The highest BCUT2D eigenvalue weighted by Crippen LogP contribution is 2.29. The minimum absolute atomic E-state index is 0.158. The maximum Gasteiger partial charge on any atom is 0.416 e. The van der Waals surface area contributed by atoms with Crippen LogP contribution in [0.3, 0.4) is 0 Å². The molecule has 0 aliphatic rings. The number of alkyl halides is 3. The minimum atomic E-state index is -4.39. The molecule has 0 radical (unpaired) electrons. The Morgan fingerprint density at radius 1 is 0.750 bits per heavy atom. The Kier molecular flexibility index (Phi) is 6.11. The van der Waals surface area contributed by atoms with Crippen molar-refractivity contribution in [2.24, 2.45) is 0 Å². The van der Waals surface area contributed by atoms with E-state index in [-0.39, 0.29) is 6.54 Å². The lowest BCUT2D eigenvalue weighted by Crippen LogP contribution is -2.27. The average Bonchev–Trinajstić information content (AvgIpc) is 2.69. The maximum atomic E-state index is 12.7. The predicted molar refractivity (Wildman–Crippen MR) is 99.0 cm³/mol. The van der Waals surface area contributed by atoms with Crippen LogP contribution in [-0.4, -0.2) is 11.0 Å². The van der Waals surface area contributed by atoms with E-state index >= 15 is 0 Å². The third-order valence-electron chi connectivity index (χ3n) is 4.06. The van der Waals surface area contributed by atoms with Crippen LogP contribution in [-0.2, 0) is 24.1 Å². The zero-order valence-electron chi connectivity index (χ0n) is 14.9. The Morgan fingerprint density at radius 3 is 1.79 bits per heavy atom. The van der Waals surface area contributed by atoms with Gasteiger partial charge in [0.15, 0.2) is 0 Å². The van der Waals surface area contributed by atoms with E-state index in [4.69, 9.17) is 4.84 Å². The molecule has 0 aliphatic carbocycles. The summed E-state index contributed by atoms with van der Waals surface area (Å²) >= 11 is 0. The fourth-order valence-corrected chi connectivity index (χ4v) is 2.65. The van der Waals surface area contributed by atoms with Gasteiger partial charge in [0.05, 0.1) is 24.2 Å². The molecule has 0 aliphatic heterocycles. The number of hydrogen-bond acceptors (Lipinski definition) is 3. The van der Waals surface area contributed by atoms with E-state index in [1.807, 2.05) is 30.3 Å². The molecule has 0 saturated heterocycles. The Labute approximate surface area is 160 Å². The highest BCUT2D eigenvalue weighted by atomic mass is 19.4. The third-order valence-corrected chi connectivity index (χ3v) is 4.06. The first-order chi connectivity index (χ1) is 13.4. The third kappa shape index (κ3) is 5.44. The van der Waals surface area contributed by atoms with E-state index in [0.717, 1.165) is 17.7 Å². The number of nitrogens with zero attached hydrogens (tertiary/aromatic N) is 1. The van der Waals surface area contributed by atoms with Gasteiger partial charge in [0.1, 0.15) is 0 Å². The van der Waals surface area contributed by atoms with Crippen LogP contribution in [0.25, 0.3) is 0 Å². The summed E-state index contributed by atoms with van der Waals surface area (Å²) in [5, 5.41) is 1.44. The fourth-order valence-electron chi connectivity index (χ4n) is 2.65. The van der Waals surface area contributed by atoms with E-state index in [9.17, 15) is 18.0 Å². The van der Waals surface area contributed by atoms with Crippen molar-refractivity contribution in [1.82, 2.24) is 5.06 Å². The predicted octanol–water partition coefficient (Wildman–Crippen LogP) is 5.48. The van der Waals surface area contributed by atoms with Crippen LogP contribution in [0, 0.1) is 0 Å². The Hall–Kier alpha value is -3.12. The second-order valence-corrected chi connectivity index (χ2v) is 6.22. The van der Waals surface area contributed by atoms with Crippen molar-refractivity contribution in [1.29, 1.82) is 0 Å². The highest BCUT2D eigenvalue weighted by Gasteiger charge is 2.30. The molecule has 3 aromatic rings. The summed E-state index contributed by atoms with van der Waals surface area (Å²) in [6.45, 7) is 0.464. The van der Waals surface area contributed by atoms with Crippen LogP contribution in [0.2, 0.25) is 0 Å². The quantitative estimate of drug-likeness (QED) is 0.526. The van der Waals surface area contributed by atoms with Crippen LogP contribution in [0.5, 0.6) is 0 Å². The Balaban J connectivity index is 1.76. The number of halogens is 3. The summed E-state index contributed by atoms with van der Waals surface area (Å²) < 4.78 is 38.2. The minimum Gasteiger partial charge on any atom is -0.363 e. The van der Waals surface area contributed by atoms with Gasteiger partial charge in [-0.05, 0) is 35.4 Å². The lowest BCUT2D eigenvalue weighted by molar-refractivity contribution is -0.137. The molecule has 0 heterocycles. The molecule has 0 saturated carbocycles. The first-order valence-electron chi connectivity index (χ1n) is 8.64. The summed E-state index contributed by atoms with van der Waals surface area (Å²) in [5.41, 5.74) is 1.19. The number of hydroxylamine groups is 2. The number of carbonyl (C=O) groups is 1. The van der Waals surface area contributed by atoms with Crippen molar-refractivity contribution >= 4 is 5.97 Å². The van der Waals surface area contributed by atoms with Crippen molar-refractivity contribution in [2.75, 3.05) is 0 Å². The van der Waals surface area contributed by atoms with Gasteiger partial charge in [0.2, 0.25) is 0 Å². The highest BCUT2D eigenvalue weighted by molar-refractivity contribution is 5.89. The molecule has 0 amide bonds. The van der Waals surface area contributed by atoms with Gasteiger partial charge in [0, 0.05) is 0 Å². The van der Waals surface area contributed by atoms with Crippen molar-refractivity contribution in [3.63, 3.8) is 0 Å². The van der Waals surface area contributed by atoms with Crippen molar-refractivity contribution in [3.05, 3.63) is 107 Å². The van der Waals surface area contributed by atoms with E-state index in [1.54, 1.807) is 30.3 Å². The number of rotatable bonds is 6. The molecule has 3 aromatic carbocycles. The van der Waals surface area contributed by atoms with E-state index in [0.29, 0.717) is 17.7 Å². The smallest absolute Gasteiger partial charge is 0.363 e. The normalized spacial score (nSPS) is 11.4. The number of hydrogen-bond donors (Lipinski definition) is 0. The zero-order valence-corrected chi connectivity index (χ0v) is 14.9. The van der Waals surface area contributed by atoms with E-state index < -0.39 is 17.7 Å². The first-order valence-corrected chi connectivity index (χ1v) is 8.64. The number of benzene rings is 3. The van der Waals surface area contributed by atoms with Crippen molar-refractivity contribution in [3.8, 4) is 0 Å². The van der Waals surface area contributed by atoms with Crippen molar-refractivity contribution in [2.45, 2.75) is 19.3 Å². The Bertz CT molecular complexity index is 895. The molecule has 0 fully saturated rings. The average molecular weight is 385 g/mol.